The molecule has 7 nitrogen and oxygen atoms in total. The highest BCUT2D eigenvalue weighted by molar-refractivity contribution is 6.08. The van der Waals surface area contributed by atoms with Gasteiger partial charge in [-0.25, -0.2) is 0 Å². The van der Waals surface area contributed by atoms with Gasteiger partial charge in [0, 0.05) is 11.1 Å². The molecule has 0 bridgehead atoms. The van der Waals surface area contributed by atoms with Crippen LogP contribution in [0.15, 0.2) is 78.9 Å². The Kier molecular flexibility index (Phi) is 7.97. The third-order valence-electron chi connectivity index (χ3n) is 6.80. The SMILES string of the molecule is Cc1ccc2c(c1)N(CC(=O)C(C)(C)C)C(=O)C(NC(=O)[C@@H](N)Cc1ccccc1)CN2c1ccccc1. The number of ketones is 1. The standard InChI is InChI=1S/C31H36N4O3/c1-21-15-16-26-27(17-21)35(20-28(36)31(2,3)4)30(38)25(19-34(26)23-13-9-6-10-14-23)33-29(37)24(32)18-22-11-7-5-8-12-22/h5-17,24-25H,18-20,32H2,1-4H3,(H,33,37)/t24-,25?/m0/s1. The number of anilines is 3. The van der Waals surface area contributed by atoms with E-state index in [0.717, 1.165) is 22.5 Å². The van der Waals surface area contributed by atoms with Crippen molar-refractivity contribution in [3.63, 3.8) is 0 Å². The Balaban J connectivity index is 1.72. The fourth-order valence-corrected chi connectivity index (χ4v) is 4.49. The summed E-state index contributed by atoms with van der Waals surface area (Å²) in [5.41, 5.74) is 9.85. The number of para-hydroxylation sites is 1. The number of hydrogen-bond acceptors (Lipinski definition) is 5. The third-order valence-corrected chi connectivity index (χ3v) is 6.80. The van der Waals surface area contributed by atoms with Gasteiger partial charge >= 0.3 is 0 Å². The Bertz CT molecular complexity index is 1300. The molecule has 0 saturated heterocycles. The highest BCUT2D eigenvalue weighted by Gasteiger charge is 2.38. The molecule has 0 aromatic heterocycles. The number of nitrogens with zero attached hydrogens (tertiary/aromatic N) is 2. The van der Waals surface area contributed by atoms with Crippen molar-refractivity contribution in [1.29, 1.82) is 0 Å². The molecular weight excluding hydrogens is 476 g/mol. The third kappa shape index (κ3) is 6.11. The lowest BCUT2D eigenvalue weighted by atomic mass is 9.90. The van der Waals surface area contributed by atoms with Gasteiger partial charge in [-0.15, -0.1) is 0 Å². The molecule has 1 heterocycles. The van der Waals surface area contributed by atoms with Crippen LogP contribution in [-0.2, 0) is 20.8 Å². The van der Waals surface area contributed by atoms with E-state index in [9.17, 15) is 14.4 Å². The minimum absolute atomic E-state index is 0.0719. The molecule has 3 aromatic rings. The normalized spacial score (nSPS) is 16.4. The van der Waals surface area contributed by atoms with Crippen molar-refractivity contribution in [3.05, 3.63) is 90.0 Å². The van der Waals surface area contributed by atoms with Gasteiger partial charge in [0.2, 0.25) is 5.91 Å². The van der Waals surface area contributed by atoms with E-state index in [4.69, 9.17) is 5.73 Å². The van der Waals surface area contributed by atoms with Gasteiger partial charge in [0.15, 0.2) is 5.78 Å². The fraction of sp³-hybridized carbons (Fsp3) is 0.323. The molecule has 1 aliphatic rings. The van der Waals surface area contributed by atoms with E-state index >= 15 is 0 Å². The van der Waals surface area contributed by atoms with Crippen molar-refractivity contribution in [1.82, 2.24) is 5.32 Å². The summed E-state index contributed by atoms with van der Waals surface area (Å²) >= 11 is 0. The van der Waals surface area contributed by atoms with Gasteiger partial charge in [0.1, 0.15) is 6.04 Å². The first-order valence-corrected chi connectivity index (χ1v) is 12.9. The summed E-state index contributed by atoms with van der Waals surface area (Å²) in [7, 11) is 0. The molecule has 7 heteroatoms. The van der Waals surface area contributed by atoms with Gasteiger partial charge < -0.3 is 20.9 Å². The molecule has 4 rings (SSSR count). The average molecular weight is 513 g/mol. The maximum Gasteiger partial charge on any atom is 0.251 e. The molecule has 2 atom stereocenters. The van der Waals surface area contributed by atoms with Crippen LogP contribution in [0.1, 0.15) is 31.9 Å². The first kappa shape index (κ1) is 27.1. The van der Waals surface area contributed by atoms with Crippen molar-refractivity contribution >= 4 is 34.7 Å². The number of hydrogen-bond donors (Lipinski definition) is 2. The molecule has 1 unspecified atom stereocenters. The predicted octanol–water partition coefficient (Wildman–Crippen LogP) is 4.15. The van der Waals surface area contributed by atoms with Crippen molar-refractivity contribution in [2.75, 3.05) is 22.9 Å². The van der Waals surface area contributed by atoms with E-state index in [-0.39, 0.29) is 24.8 Å². The summed E-state index contributed by atoms with van der Waals surface area (Å²) in [5.74, 6) is -0.824. The molecule has 0 fully saturated rings. The molecule has 38 heavy (non-hydrogen) atoms. The van der Waals surface area contributed by atoms with E-state index in [1.54, 1.807) is 0 Å². The molecule has 0 aliphatic carbocycles. The van der Waals surface area contributed by atoms with Crippen LogP contribution < -0.4 is 20.9 Å². The Morgan fingerprint density at radius 2 is 1.61 bits per heavy atom. The van der Waals surface area contributed by atoms with Crippen LogP contribution >= 0.6 is 0 Å². The van der Waals surface area contributed by atoms with Crippen LogP contribution in [0.3, 0.4) is 0 Å². The minimum Gasteiger partial charge on any atom is -0.341 e. The number of carbonyl (C=O) groups is 3. The number of fused-ring (bicyclic) bond motifs is 1. The first-order chi connectivity index (χ1) is 18.0. The van der Waals surface area contributed by atoms with Crippen molar-refractivity contribution in [2.45, 2.75) is 46.2 Å². The number of rotatable bonds is 7. The lowest BCUT2D eigenvalue weighted by molar-refractivity contribution is -0.129. The summed E-state index contributed by atoms with van der Waals surface area (Å²) < 4.78 is 0. The maximum absolute atomic E-state index is 14.1. The number of carbonyl (C=O) groups excluding carboxylic acids is 3. The van der Waals surface area contributed by atoms with Crippen LogP contribution in [0, 0.1) is 12.3 Å². The van der Waals surface area contributed by atoms with Crippen molar-refractivity contribution < 1.29 is 14.4 Å². The Labute approximate surface area is 224 Å². The van der Waals surface area contributed by atoms with E-state index in [2.05, 4.69) is 5.32 Å². The number of aryl methyl sites for hydroxylation is 1. The van der Waals surface area contributed by atoms with Crippen LogP contribution in [0.4, 0.5) is 17.1 Å². The van der Waals surface area contributed by atoms with Gasteiger partial charge in [-0.05, 0) is 48.7 Å². The van der Waals surface area contributed by atoms with Crippen LogP contribution in [0.25, 0.3) is 0 Å². The minimum atomic E-state index is -0.912. The molecule has 2 amide bonds. The van der Waals surface area contributed by atoms with Gasteiger partial charge in [-0.2, -0.15) is 0 Å². The second kappa shape index (κ2) is 11.2. The van der Waals surface area contributed by atoms with Crippen molar-refractivity contribution in [3.8, 4) is 0 Å². The highest BCUT2D eigenvalue weighted by Crippen LogP contribution is 2.38. The lowest BCUT2D eigenvalue weighted by Gasteiger charge is -2.28. The summed E-state index contributed by atoms with van der Waals surface area (Å²) in [4.78, 5) is 44.0. The van der Waals surface area contributed by atoms with E-state index < -0.39 is 23.4 Å². The molecule has 0 spiro atoms. The van der Waals surface area contributed by atoms with Crippen LogP contribution in [-0.4, -0.2) is 42.8 Å². The number of nitrogens with one attached hydrogen (secondary N) is 1. The second-order valence-electron chi connectivity index (χ2n) is 10.9. The summed E-state index contributed by atoms with van der Waals surface area (Å²) in [6.07, 6.45) is 0.349. The Hall–Kier alpha value is -3.97. The Morgan fingerprint density at radius 1 is 0.974 bits per heavy atom. The van der Waals surface area contributed by atoms with Gasteiger partial charge in [0.25, 0.3) is 5.91 Å². The average Bonchev–Trinajstić information content (AvgIpc) is 2.99. The van der Waals surface area contributed by atoms with E-state index in [1.165, 1.54) is 4.90 Å². The van der Waals surface area contributed by atoms with Gasteiger partial charge in [0.05, 0.1) is 30.5 Å². The predicted molar refractivity (Wildman–Crippen MR) is 151 cm³/mol. The summed E-state index contributed by atoms with van der Waals surface area (Å²) in [6, 6.07) is 23.4. The summed E-state index contributed by atoms with van der Waals surface area (Å²) in [5, 5.41) is 2.91. The first-order valence-electron chi connectivity index (χ1n) is 12.9. The quantitative estimate of drug-likeness (QED) is 0.496. The van der Waals surface area contributed by atoms with E-state index in [1.807, 2.05) is 111 Å². The van der Waals surface area contributed by atoms with Gasteiger partial charge in [-0.1, -0.05) is 75.4 Å². The maximum atomic E-state index is 14.1. The topological polar surface area (TPSA) is 95.7 Å². The largest absolute Gasteiger partial charge is 0.341 e. The van der Waals surface area contributed by atoms with E-state index in [0.29, 0.717) is 12.1 Å². The molecule has 3 aromatic carbocycles. The molecular formula is C31H36N4O3. The molecule has 0 radical (unpaired) electrons. The number of benzene rings is 3. The van der Waals surface area contributed by atoms with Crippen molar-refractivity contribution in [2.24, 2.45) is 11.1 Å². The number of nitrogens with two attached hydrogens (primary N) is 1. The highest BCUT2D eigenvalue weighted by atomic mass is 16.2. The monoisotopic (exact) mass is 512 g/mol. The zero-order valence-corrected chi connectivity index (χ0v) is 22.5. The molecule has 1 aliphatic heterocycles. The summed E-state index contributed by atoms with van der Waals surface area (Å²) in [6.45, 7) is 7.58. The smallest absolute Gasteiger partial charge is 0.251 e. The zero-order chi connectivity index (χ0) is 27.4. The molecule has 198 valence electrons. The number of Topliss-reactive ketones (excluding diaryl/α,β-unsaturated/α-hetero) is 1. The van der Waals surface area contributed by atoms with Crippen LogP contribution in [0.5, 0.6) is 0 Å². The fourth-order valence-electron chi connectivity index (χ4n) is 4.49. The van der Waals surface area contributed by atoms with Gasteiger partial charge in [-0.3, -0.25) is 14.4 Å². The number of amides is 2. The zero-order valence-electron chi connectivity index (χ0n) is 22.5. The molecule has 3 N–H and O–H groups in total. The lowest BCUT2D eigenvalue weighted by Crippen LogP contribution is -2.56. The Morgan fingerprint density at radius 3 is 2.24 bits per heavy atom. The second-order valence-corrected chi connectivity index (χ2v) is 10.9. The van der Waals surface area contributed by atoms with Crippen LogP contribution in [0.2, 0.25) is 0 Å². The molecule has 0 saturated carbocycles.